The van der Waals surface area contributed by atoms with E-state index in [2.05, 4.69) is 5.10 Å². The number of carboxylic acids is 1. The molecule has 0 radical (unpaired) electrons. The summed E-state index contributed by atoms with van der Waals surface area (Å²) in [5, 5.41) is 12.5. The van der Waals surface area contributed by atoms with Gasteiger partial charge in [-0.25, -0.2) is 0 Å². The third kappa shape index (κ3) is 4.26. The van der Waals surface area contributed by atoms with Gasteiger partial charge >= 0.3 is 11.9 Å². The van der Waals surface area contributed by atoms with Crippen LogP contribution in [-0.2, 0) is 27.3 Å². The van der Waals surface area contributed by atoms with Crippen LogP contribution in [0.5, 0.6) is 0 Å². The predicted octanol–water partition coefficient (Wildman–Crippen LogP) is 0.709. The summed E-state index contributed by atoms with van der Waals surface area (Å²) in [6.07, 6.45) is 3.70. The van der Waals surface area contributed by atoms with Gasteiger partial charge in [0, 0.05) is 6.20 Å². The summed E-state index contributed by atoms with van der Waals surface area (Å²) < 4.78 is 6.22. The Balaban J connectivity index is 2.54. The van der Waals surface area contributed by atoms with E-state index in [1.807, 2.05) is 0 Å². The molecule has 0 aromatic carbocycles. The van der Waals surface area contributed by atoms with Gasteiger partial charge in [-0.15, -0.1) is 0 Å². The Morgan fingerprint density at radius 2 is 2.29 bits per heavy atom. The molecule has 0 fully saturated rings. The smallest absolute Gasteiger partial charge is 0.325 e. The highest BCUT2D eigenvalue weighted by Gasteiger charge is 2.15. The van der Waals surface area contributed by atoms with Crippen molar-refractivity contribution in [2.45, 2.75) is 26.8 Å². The SMILES string of the molecule is CCOC(=O)C(C)Cc1cnn(CC(=O)O)c1. The average Bonchev–Trinajstić information content (AvgIpc) is 2.64. The number of carbonyl (C=O) groups is 2. The van der Waals surface area contributed by atoms with Crippen LogP contribution in [0.15, 0.2) is 12.4 Å². The van der Waals surface area contributed by atoms with Crippen molar-refractivity contribution in [3.05, 3.63) is 18.0 Å². The Labute approximate surface area is 99.2 Å². The number of aromatic nitrogens is 2. The Hall–Kier alpha value is -1.85. The zero-order chi connectivity index (χ0) is 12.8. The molecule has 0 saturated heterocycles. The number of aliphatic carboxylic acids is 1. The lowest BCUT2D eigenvalue weighted by Gasteiger charge is -2.08. The predicted molar refractivity (Wildman–Crippen MR) is 59.4 cm³/mol. The molecule has 17 heavy (non-hydrogen) atoms. The van der Waals surface area contributed by atoms with E-state index in [4.69, 9.17) is 9.84 Å². The van der Waals surface area contributed by atoms with Gasteiger partial charge in [0.1, 0.15) is 6.54 Å². The van der Waals surface area contributed by atoms with E-state index in [1.54, 1.807) is 26.2 Å². The maximum absolute atomic E-state index is 11.4. The third-order valence-electron chi connectivity index (χ3n) is 2.21. The molecule has 1 aromatic rings. The molecule has 0 aliphatic heterocycles. The van der Waals surface area contributed by atoms with Crippen LogP contribution in [-0.4, -0.2) is 33.4 Å². The summed E-state index contributed by atoms with van der Waals surface area (Å²) in [5.41, 5.74) is 0.826. The topological polar surface area (TPSA) is 81.4 Å². The van der Waals surface area contributed by atoms with E-state index in [9.17, 15) is 9.59 Å². The minimum Gasteiger partial charge on any atom is -0.480 e. The summed E-state index contributed by atoms with van der Waals surface area (Å²) >= 11 is 0. The number of hydrogen-bond acceptors (Lipinski definition) is 4. The minimum absolute atomic E-state index is 0.173. The molecular weight excluding hydrogens is 224 g/mol. The fourth-order valence-corrected chi connectivity index (χ4v) is 1.46. The molecule has 1 unspecified atom stereocenters. The van der Waals surface area contributed by atoms with Gasteiger partial charge in [-0.1, -0.05) is 6.92 Å². The summed E-state index contributed by atoms with van der Waals surface area (Å²) in [7, 11) is 0. The molecule has 6 heteroatoms. The van der Waals surface area contributed by atoms with Crippen LogP contribution in [0.2, 0.25) is 0 Å². The van der Waals surface area contributed by atoms with Crippen molar-refractivity contribution in [1.82, 2.24) is 9.78 Å². The summed E-state index contributed by atoms with van der Waals surface area (Å²) in [6.45, 7) is 3.72. The lowest BCUT2D eigenvalue weighted by atomic mass is 10.0. The molecule has 94 valence electrons. The van der Waals surface area contributed by atoms with Crippen LogP contribution in [0.4, 0.5) is 0 Å². The summed E-state index contributed by atoms with van der Waals surface area (Å²) in [4.78, 5) is 21.8. The normalized spacial score (nSPS) is 12.1. The van der Waals surface area contributed by atoms with E-state index < -0.39 is 5.97 Å². The first-order valence-corrected chi connectivity index (χ1v) is 5.42. The number of rotatable bonds is 6. The Morgan fingerprint density at radius 3 is 2.88 bits per heavy atom. The van der Waals surface area contributed by atoms with Crippen LogP contribution in [0.1, 0.15) is 19.4 Å². The van der Waals surface area contributed by atoms with Gasteiger partial charge < -0.3 is 9.84 Å². The van der Waals surface area contributed by atoms with Crippen molar-refractivity contribution in [2.75, 3.05) is 6.61 Å². The van der Waals surface area contributed by atoms with Gasteiger partial charge in [-0.2, -0.15) is 5.10 Å². The largest absolute Gasteiger partial charge is 0.480 e. The van der Waals surface area contributed by atoms with Crippen LogP contribution >= 0.6 is 0 Å². The third-order valence-corrected chi connectivity index (χ3v) is 2.21. The van der Waals surface area contributed by atoms with Crippen LogP contribution < -0.4 is 0 Å². The highest BCUT2D eigenvalue weighted by molar-refractivity contribution is 5.72. The molecule has 1 N–H and O–H groups in total. The number of ether oxygens (including phenoxy) is 1. The fraction of sp³-hybridized carbons (Fsp3) is 0.545. The molecule has 6 nitrogen and oxygen atoms in total. The van der Waals surface area contributed by atoms with Gasteiger partial charge in [0.15, 0.2) is 0 Å². The van der Waals surface area contributed by atoms with E-state index in [-0.39, 0.29) is 18.4 Å². The zero-order valence-corrected chi connectivity index (χ0v) is 9.92. The van der Waals surface area contributed by atoms with E-state index in [0.717, 1.165) is 5.56 Å². The lowest BCUT2D eigenvalue weighted by molar-refractivity contribution is -0.147. The van der Waals surface area contributed by atoms with Crippen molar-refractivity contribution >= 4 is 11.9 Å². The maximum Gasteiger partial charge on any atom is 0.325 e. The molecule has 0 spiro atoms. The van der Waals surface area contributed by atoms with Crippen molar-refractivity contribution in [3.63, 3.8) is 0 Å². The van der Waals surface area contributed by atoms with E-state index >= 15 is 0 Å². The molecule has 1 aromatic heterocycles. The molecule has 1 atom stereocenters. The van der Waals surface area contributed by atoms with Crippen molar-refractivity contribution in [1.29, 1.82) is 0 Å². The van der Waals surface area contributed by atoms with Gasteiger partial charge in [-0.05, 0) is 18.9 Å². The average molecular weight is 240 g/mol. The number of hydrogen-bond donors (Lipinski definition) is 1. The highest BCUT2D eigenvalue weighted by Crippen LogP contribution is 2.09. The molecular formula is C11H16N2O4. The maximum atomic E-state index is 11.4. The second-order valence-corrected chi connectivity index (χ2v) is 3.80. The number of carboxylic acid groups (broad SMARTS) is 1. The number of esters is 1. The lowest BCUT2D eigenvalue weighted by Crippen LogP contribution is -2.16. The molecule has 0 amide bonds. The fourth-order valence-electron chi connectivity index (χ4n) is 1.46. The zero-order valence-electron chi connectivity index (χ0n) is 9.92. The minimum atomic E-state index is -0.946. The van der Waals surface area contributed by atoms with Crippen LogP contribution in [0.3, 0.4) is 0 Å². The monoisotopic (exact) mass is 240 g/mol. The molecule has 1 heterocycles. The van der Waals surface area contributed by atoms with Crippen LogP contribution in [0, 0.1) is 5.92 Å². The standard InChI is InChI=1S/C11H16N2O4/c1-3-17-11(16)8(2)4-9-5-12-13(6-9)7-10(14)15/h5-6,8H,3-4,7H2,1-2H3,(H,14,15). The highest BCUT2D eigenvalue weighted by atomic mass is 16.5. The molecule has 1 rings (SSSR count). The first-order chi connectivity index (χ1) is 8.02. The van der Waals surface area contributed by atoms with Gasteiger partial charge in [0.2, 0.25) is 0 Å². The first kappa shape index (κ1) is 13.2. The number of carbonyl (C=O) groups excluding carboxylic acids is 1. The Kier molecular flexibility index (Phi) is 4.68. The van der Waals surface area contributed by atoms with Crippen molar-refractivity contribution in [3.8, 4) is 0 Å². The second-order valence-electron chi connectivity index (χ2n) is 3.80. The second kappa shape index (κ2) is 6.03. The van der Waals surface area contributed by atoms with Gasteiger partial charge in [-0.3, -0.25) is 14.3 Å². The van der Waals surface area contributed by atoms with Crippen molar-refractivity contribution in [2.24, 2.45) is 5.92 Å². The molecule has 0 aliphatic rings. The summed E-state index contributed by atoms with van der Waals surface area (Å²) in [5.74, 6) is -1.45. The quantitative estimate of drug-likeness (QED) is 0.740. The Bertz CT molecular complexity index is 400. The molecule has 0 bridgehead atoms. The summed E-state index contributed by atoms with van der Waals surface area (Å²) in [6, 6.07) is 0. The van der Waals surface area contributed by atoms with E-state index in [1.165, 1.54) is 4.68 Å². The van der Waals surface area contributed by atoms with Gasteiger partial charge in [0.05, 0.1) is 18.7 Å². The van der Waals surface area contributed by atoms with E-state index in [0.29, 0.717) is 13.0 Å². The van der Waals surface area contributed by atoms with Crippen molar-refractivity contribution < 1.29 is 19.4 Å². The van der Waals surface area contributed by atoms with Crippen LogP contribution in [0.25, 0.3) is 0 Å². The van der Waals surface area contributed by atoms with Gasteiger partial charge in [0.25, 0.3) is 0 Å². The molecule has 0 saturated carbocycles. The molecule has 0 aliphatic carbocycles. The number of nitrogens with zero attached hydrogens (tertiary/aromatic N) is 2. The Morgan fingerprint density at radius 1 is 1.59 bits per heavy atom. The first-order valence-electron chi connectivity index (χ1n) is 5.42.